The molecule has 0 radical (unpaired) electrons. The molecule has 1 amide bonds. The first-order valence-corrected chi connectivity index (χ1v) is 12.6. The van der Waals surface area contributed by atoms with Crippen LogP contribution in [0.2, 0.25) is 15.1 Å². The summed E-state index contributed by atoms with van der Waals surface area (Å²) in [4.78, 5) is 16.1. The molecule has 1 aromatic heterocycles. The maximum absolute atomic E-state index is 13.0. The number of methoxy groups -OCH3 is 1. The highest BCUT2D eigenvalue weighted by Gasteiger charge is 2.46. The third kappa shape index (κ3) is 6.19. The van der Waals surface area contributed by atoms with Gasteiger partial charge in [0.25, 0.3) is 0 Å². The Balaban J connectivity index is 1.99. The van der Waals surface area contributed by atoms with E-state index in [1.807, 2.05) is 0 Å². The van der Waals surface area contributed by atoms with Gasteiger partial charge in [0, 0.05) is 29.8 Å². The SMILES string of the molecule is COc1cc(N(C(=O)C(F)(F)F)S(C)(=O)=O)ccc1-c1cnc(Cc2ccc(Cl)c(Cl)c2)c(Cl)c1. The van der Waals surface area contributed by atoms with Crippen LogP contribution in [0.15, 0.2) is 48.7 Å². The fourth-order valence-corrected chi connectivity index (χ4v) is 4.66. The monoisotopic (exact) mass is 566 g/mol. The van der Waals surface area contributed by atoms with Gasteiger partial charge in [0.15, 0.2) is 0 Å². The van der Waals surface area contributed by atoms with Crippen molar-refractivity contribution in [2.45, 2.75) is 12.6 Å². The van der Waals surface area contributed by atoms with Gasteiger partial charge in [0.2, 0.25) is 10.0 Å². The van der Waals surface area contributed by atoms with Crippen LogP contribution in [-0.4, -0.2) is 38.9 Å². The molecule has 0 spiro atoms. The predicted molar refractivity (Wildman–Crippen MR) is 129 cm³/mol. The number of rotatable bonds is 6. The van der Waals surface area contributed by atoms with E-state index in [1.165, 1.54) is 19.4 Å². The molecule has 1 heterocycles. The number of anilines is 1. The lowest BCUT2D eigenvalue weighted by atomic mass is 10.0. The second kappa shape index (κ2) is 10.2. The van der Waals surface area contributed by atoms with Gasteiger partial charge in [-0.25, -0.2) is 8.42 Å². The van der Waals surface area contributed by atoms with Gasteiger partial charge in [-0.15, -0.1) is 0 Å². The predicted octanol–water partition coefficient (Wildman–Crippen LogP) is 6.16. The average Bonchev–Trinajstić information content (AvgIpc) is 2.76. The summed E-state index contributed by atoms with van der Waals surface area (Å²) in [6.07, 6.45) is -3.08. The number of pyridine rings is 1. The van der Waals surface area contributed by atoms with E-state index in [0.29, 0.717) is 44.6 Å². The summed E-state index contributed by atoms with van der Waals surface area (Å²) in [7, 11) is -3.35. The van der Waals surface area contributed by atoms with E-state index in [-0.39, 0.29) is 10.1 Å². The van der Waals surface area contributed by atoms with Crippen molar-refractivity contribution >= 4 is 56.4 Å². The van der Waals surface area contributed by atoms with E-state index in [4.69, 9.17) is 39.5 Å². The number of carbonyl (C=O) groups is 1. The molecule has 0 unspecified atom stereocenters. The van der Waals surface area contributed by atoms with E-state index >= 15 is 0 Å². The average molecular weight is 568 g/mol. The highest BCUT2D eigenvalue weighted by atomic mass is 35.5. The topological polar surface area (TPSA) is 76.6 Å². The zero-order valence-corrected chi connectivity index (χ0v) is 21.1. The molecule has 0 aliphatic rings. The largest absolute Gasteiger partial charge is 0.496 e. The first kappa shape index (κ1) is 27.1. The van der Waals surface area contributed by atoms with Gasteiger partial charge >= 0.3 is 12.1 Å². The number of alkyl halides is 3. The van der Waals surface area contributed by atoms with Crippen molar-refractivity contribution in [2.75, 3.05) is 17.7 Å². The van der Waals surface area contributed by atoms with E-state index < -0.39 is 27.8 Å². The van der Waals surface area contributed by atoms with E-state index in [9.17, 15) is 26.4 Å². The van der Waals surface area contributed by atoms with E-state index in [0.717, 1.165) is 17.7 Å². The summed E-state index contributed by atoms with van der Waals surface area (Å²) in [6, 6.07) is 10.1. The Labute approximate surface area is 214 Å². The van der Waals surface area contributed by atoms with Crippen LogP contribution < -0.4 is 9.04 Å². The van der Waals surface area contributed by atoms with Crippen LogP contribution in [0.25, 0.3) is 11.1 Å². The molecule has 186 valence electrons. The van der Waals surface area contributed by atoms with Crippen LogP contribution in [-0.2, 0) is 21.2 Å². The molecule has 2 aromatic carbocycles. The molecule has 0 saturated heterocycles. The third-order valence-corrected chi connectivity index (χ3v) is 6.87. The van der Waals surface area contributed by atoms with Crippen LogP contribution in [0.3, 0.4) is 0 Å². The lowest BCUT2D eigenvalue weighted by Crippen LogP contribution is -2.44. The van der Waals surface area contributed by atoms with Crippen LogP contribution in [0.1, 0.15) is 11.3 Å². The molecular weight excluding hydrogens is 552 g/mol. The molecule has 0 aliphatic carbocycles. The summed E-state index contributed by atoms with van der Waals surface area (Å²) in [5.74, 6) is -2.55. The molecule has 13 heteroatoms. The fraction of sp³-hybridized carbons (Fsp3) is 0.182. The van der Waals surface area contributed by atoms with Crippen molar-refractivity contribution in [1.82, 2.24) is 4.98 Å². The summed E-state index contributed by atoms with van der Waals surface area (Å²) < 4.78 is 67.8. The second-order valence-electron chi connectivity index (χ2n) is 7.29. The minimum absolute atomic E-state index is 0.00113. The Hall–Kier alpha value is -2.53. The van der Waals surface area contributed by atoms with Crippen molar-refractivity contribution in [2.24, 2.45) is 0 Å². The number of sulfonamides is 1. The normalized spacial score (nSPS) is 11.9. The molecule has 35 heavy (non-hydrogen) atoms. The van der Waals surface area contributed by atoms with Crippen LogP contribution in [0.4, 0.5) is 18.9 Å². The molecule has 0 N–H and O–H groups in total. The van der Waals surface area contributed by atoms with Crippen molar-refractivity contribution in [3.8, 4) is 16.9 Å². The Kier molecular flexibility index (Phi) is 7.90. The second-order valence-corrected chi connectivity index (χ2v) is 10.3. The minimum atomic E-state index is -5.41. The van der Waals surface area contributed by atoms with Crippen molar-refractivity contribution < 1.29 is 31.1 Å². The molecule has 0 bridgehead atoms. The molecule has 0 fully saturated rings. The lowest BCUT2D eigenvalue weighted by Gasteiger charge is -2.22. The molecular formula is C22H16Cl3F3N2O4S. The van der Waals surface area contributed by atoms with Crippen LogP contribution in [0, 0.1) is 0 Å². The van der Waals surface area contributed by atoms with Crippen molar-refractivity contribution in [3.63, 3.8) is 0 Å². The van der Waals surface area contributed by atoms with Gasteiger partial charge < -0.3 is 4.74 Å². The summed E-state index contributed by atoms with van der Waals surface area (Å²) in [6.45, 7) is 0. The number of ether oxygens (including phenoxy) is 1. The number of hydrogen-bond acceptors (Lipinski definition) is 5. The number of aromatic nitrogens is 1. The number of halogens is 6. The highest BCUT2D eigenvalue weighted by Crippen LogP contribution is 2.37. The zero-order valence-electron chi connectivity index (χ0n) is 18.0. The quantitative estimate of drug-likeness (QED) is 0.356. The number of amides is 1. The molecule has 3 aromatic rings. The molecule has 0 atom stereocenters. The summed E-state index contributed by atoms with van der Waals surface area (Å²) >= 11 is 18.4. The number of nitrogens with zero attached hydrogens (tertiary/aromatic N) is 2. The highest BCUT2D eigenvalue weighted by molar-refractivity contribution is 7.92. The minimum Gasteiger partial charge on any atom is -0.496 e. The van der Waals surface area contributed by atoms with Gasteiger partial charge in [0.05, 0.1) is 39.8 Å². The maximum Gasteiger partial charge on any atom is 0.472 e. The Morgan fingerprint density at radius 1 is 1.03 bits per heavy atom. The first-order valence-electron chi connectivity index (χ1n) is 9.60. The molecule has 6 nitrogen and oxygen atoms in total. The maximum atomic E-state index is 13.0. The summed E-state index contributed by atoms with van der Waals surface area (Å²) in [5.41, 5.74) is 1.62. The smallest absolute Gasteiger partial charge is 0.472 e. The number of hydrogen-bond donors (Lipinski definition) is 0. The van der Waals surface area contributed by atoms with Crippen LogP contribution in [0.5, 0.6) is 5.75 Å². The van der Waals surface area contributed by atoms with E-state index in [2.05, 4.69) is 4.98 Å². The van der Waals surface area contributed by atoms with Gasteiger partial charge in [0.1, 0.15) is 5.75 Å². The first-order chi connectivity index (χ1) is 16.2. The lowest BCUT2D eigenvalue weighted by molar-refractivity contribution is -0.169. The zero-order chi connectivity index (χ0) is 26.1. The standard InChI is InChI=1S/C22H16Cl3F3N2O4S/c1-34-20-10-14(30(35(2,32)33)21(31)22(26,27)28)4-5-15(20)13-9-18(25)19(29-11-13)8-12-3-6-16(23)17(24)7-12/h3-7,9-11H,8H2,1-2H3. The summed E-state index contributed by atoms with van der Waals surface area (Å²) in [5, 5.41) is 1.09. The Morgan fingerprint density at radius 2 is 1.71 bits per heavy atom. The van der Waals surface area contributed by atoms with Gasteiger partial charge in [-0.05, 0) is 35.9 Å². The van der Waals surface area contributed by atoms with E-state index in [1.54, 1.807) is 24.3 Å². The van der Waals surface area contributed by atoms with Crippen molar-refractivity contribution in [3.05, 3.63) is 75.0 Å². The Bertz CT molecular complexity index is 1400. The molecule has 3 rings (SSSR count). The van der Waals surface area contributed by atoms with Gasteiger partial charge in [-0.2, -0.15) is 17.5 Å². The van der Waals surface area contributed by atoms with Gasteiger partial charge in [-0.3, -0.25) is 9.78 Å². The van der Waals surface area contributed by atoms with Crippen molar-refractivity contribution in [1.29, 1.82) is 0 Å². The molecule has 0 saturated carbocycles. The number of carbonyl (C=O) groups excluding carboxylic acids is 1. The Morgan fingerprint density at radius 3 is 2.26 bits per heavy atom. The fourth-order valence-electron chi connectivity index (χ4n) is 3.21. The third-order valence-electron chi connectivity index (χ3n) is 4.76. The molecule has 0 aliphatic heterocycles. The van der Waals surface area contributed by atoms with Gasteiger partial charge in [-0.1, -0.05) is 40.9 Å². The number of benzene rings is 2. The van der Waals surface area contributed by atoms with Crippen LogP contribution >= 0.6 is 34.8 Å².